The van der Waals surface area contributed by atoms with Crippen LogP contribution in [0.2, 0.25) is 0 Å². The number of hydrogen-bond donors (Lipinski definition) is 0. The fourth-order valence-corrected chi connectivity index (χ4v) is 0.630. The molecule has 0 fully saturated rings. The van der Waals surface area contributed by atoms with E-state index in [4.69, 9.17) is 5.26 Å². The Kier molecular flexibility index (Phi) is 5.09. The zero-order chi connectivity index (χ0) is 7.82. The van der Waals surface area contributed by atoms with Gasteiger partial charge < -0.3 is 0 Å². The minimum Gasteiger partial charge on any atom is -0.198 e. The summed E-state index contributed by atoms with van der Waals surface area (Å²) in [4.78, 5) is 0. The normalized spacial score (nSPS) is 11.4. The quantitative estimate of drug-likeness (QED) is 0.543. The molecule has 10 heavy (non-hydrogen) atoms. The van der Waals surface area contributed by atoms with Crippen LogP contribution in [-0.4, -0.2) is 0 Å². The second-order valence-electron chi connectivity index (χ2n) is 1.81. The molecule has 1 nitrogen and oxygen atoms in total. The number of hydrogen-bond acceptors (Lipinski definition) is 1. The number of rotatable bonds is 3. The standard InChI is InChI=1S/C9H11N/c1-3-5-9(6-4-2)7-8-10/h3-6H,1,7H2,2H3/b6-4-,9-5+. The Balaban J connectivity index is 4.13. The van der Waals surface area contributed by atoms with Crippen molar-refractivity contribution in [3.63, 3.8) is 0 Å². The van der Waals surface area contributed by atoms with Gasteiger partial charge in [0.2, 0.25) is 0 Å². The molecule has 0 atom stereocenters. The summed E-state index contributed by atoms with van der Waals surface area (Å²) in [6, 6.07) is 2.07. The lowest BCUT2D eigenvalue weighted by molar-refractivity contribution is 1.27. The van der Waals surface area contributed by atoms with Crippen molar-refractivity contribution in [2.24, 2.45) is 0 Å². The van der Waals surface area contributed by atoms with E-state index in [1.165, 1.54) is 0 Å². The van der Waals surface area contributed by atoms with E-state index in [0.29, 0.717) is 6.42 Å². The third-order valence-corrected chi connectivity index (χ3v) is 0.996. The van der Waals surface area contributed by atoms with E-state index in [1.807, 2.05) is 25.2 Å². The lowest BCUT2D eigenvalue weighted by Gasteiger charge is -1.89. The molecule has 0 aromatic heterocycles. The molecular weight excluding hydrogens is 122 g/mol. The fourth-order valence-electron chi connectivity index (χ4n) is 0.630. The van der Waals surface area contributed by atoms with E-state index in [9.17, 15) is 0 Å². The van der Waals surface area contributed by atoms with Crippen molar-refractivity contribution in [2.75, 3.05) is 0 Å². The highest BCUT2D eigenvalue weighted by molar-refractivity contribution is 5.25. The van der Waals surface area contributed by atoms with Crippen LogP contribution in [0.3, 0.4) is 0 Å². The SMILES string of the molecule is C=C/C=C(\C=C/C)CC#N. The van der Waals surface area contributed by atoms with E-state index in [0.717, 1.165) is 5.57 Å². The summed E-state index contributed by atoms with van der Waals surface area (Å²) < 4.78 is 0. The van der Waals surface area contributed by atoms with Crippen LogP contribution in [0.15, 0.2) is 36.5 Å². The molecule has 0 aromatic rings. The van der Waals surface area contributed by atoms with Crippen molar-refractivity contribution in [1.29, 1.82) is 5.26 Å². The summed E-state index contributed by atoms with van der Waals surface area (Å²) in [6.45, 7) is 5.47. The molecular formula is C9H11N. The highest BCUT2D eigenvalue weighted by Crippen LogP contribution is 2.01. The average Bonchev–Trinajstić information content (AvgIpc) is 1.90. The van der Waals surface area contributed by atoms with Gasteiger partial charge in [0.1, 0.15) is 0 Å². The van der Waals surface area contributed by atoms with Gasteiger partial charge in [-0.3, -0.25) is 0 Å². The van der Waals surface area contributed by atoms with Crippen LogP contribution in [-0.2, 0) is 0 Å². The minimum atomic E-state index is 0.455. The smallest absolute Gasteiger partial charge is 0.0669 e. The molecule has 0 rings (SSSR count). The third kappa shape index (κ3) is 3.68. The number of nitrogens with zero attached hydrogens (tertiary/aromatic N) is 1. The predicted molar refractivity (Wildman–Crippen MR) is 43.3 cm³/mol. The van der Waals surface area contributed by atoms with Crippen LogP contribution in [0.5, 0.6) is 0 Å². The van der Waals surface area contributed by atoms with Crippen molar-refractivity contribution < 1.29 is 0 Å². The van der Waals surface area contributed by atoms with Crippen molar-refractivity contribution in [1.82, 2.24) is 0 Å². The van der Waals surface area contributed by atoms with E-state index in [-0.39, 0.29) is 0 Å². The van der Waals surface area contributed by atoms with Crippen LogP contribution in [0.1, 0.15) is 13.3 Å². The first-order valence-electron chi connectivity index (χ1n) is 3.16. The average molecular weight is 133 g/mol. The number of nitriles is 1. The third-order valence-electron chi connectivity index (χ3n) is 0.996. The Bertz CT molecular complexity index is 191. The second kappa shape index (κ2) is 5.84. The first kappa shape index (κ1) is 8.71. The Morgan fingerprint density at radius 3 is 2.80 bits per heavy atom. The van der Waals surface area contributed by atoms with Crippen molar-refractivity contribution >= 4 is 0 Å². The molecule has 0 aliphatic carbocycles. The summed E-state index contributed by atoms with van der Waals surface area (Å²) in [5, 5.41) is 8.33. The van der Waals surface area contributed by atoms with E-state index in [1.54, 1.807) is 6.08 Å². The van der Waals surface area contributed by atoms with Crippen molar-refractivity contribution in [3.05, 3.63) is 36.5 Å². The zero-order valence-electron chi connectivity index (χ0n) is 6.17. The number of allylic oxidation sites excluding steroid dienone is 5. The molecule has 0 saturated carbocycles. The molecule has 0 heterocycles. The molecule has 0 radical (unpaired) electrons. The van der Waals surface area contributed by atoms with Gasteiger partial charge in [0.05, 0.1) is 12.5 Å². The van der Waals surface area contributed by atoms with E-state index in [2.05, 4.69) is 12.6 Å². The first-order chi connectivity index (χ1) is 4.85. The lowest BCUT2D eigenvalue weighted by Crippen LogP contribution is -1.72. The summed E-state index contributed by atoms with van der Waals surface area (Å²) in [5.41, 5.74) is 1.00. The van der Waals surface area contributed by atoms with Gasteiger partial charge in [-0.2, -0.15) is 5.26 Å². The van der Waals surface area contributed by atoms with Crippen LogP contribution in [0.25, 0.3) is 0 Å². The van der Waals surface area contributed by atoms with Crippen LogP contribution >= 0.6 is 0 Å². The van der Waals surface area contributed by atoms with Gasteiger partial charge in [0.25, 0.3) is 0 Å². The zero-order valence-corrected chi connectivity index (χ0v) is 6.17. The van der Waals surface area contributed by atoms with Crippen LogP contribution < -0.4 is 0 Å². The minimum absolute atomic E-state index is 0.455. The van der Waals surface area contributed by atoms with Gasteiger partial charge in [-0.15, -0.1) is 0 Å². The summed E-state index contributed by atoms with van der Waals surface area (Å²) in [5.74, 6) is 0. The van der Waals surface area contributed by atoms with Crippen LogP contribution in [0, 0.1) is 11.3 Å². The molecule has 0 bridgehead atoms. The molecule has 0 spiro atoms. The molecule has 0 saturated heterocycles. The highest BCUT2D eigenvalue weighted by atomic mass is 14.2. The van der Waals surface area contributed by atoms with Gasteiger partial charge in [-0.1, -0.05) is 30.9 Å². The largest absolute Gasteiger partial charge is 0.198 e. The Labute approximate surface area is 62.0 Å². The lowest BCUT2D eigenvalue weighted by atomic mass is 10.2. The molecule has 1 heteroatoms. The van der Waals surface area contributed by atoms with Gasteiger partial charge in [-0.25, -0.2) is 0 Å². The fraction of sp³-hybridized carbons (Fsp3) is 0.222. The maximum Gasteiger partial charge on any atom is 0.0669 e. The highest BCUT2D eigenvalue weighted by Gasteiger charge is 1.85. The molecule has 0 N–H and O–H groups in total. The molecule has 0 aliphatic heterocycles. The van der Waals surface area contributed by atoms with Gasteiger partial charge in [0.15, 0.2) is 0 Å². The molecule has 0 unspecified atom stereocenters. The summed E-state index contributed by atoms with van der Waals surface area (Å²) in [7, 11) is 0. The maximum atomic E-state index is 8.33. The summed E-state index contributed by atoms with van der Waals surface area (Å²) >= 11 is 0. The monoisotopic (exact) mass is 133 g/mol. The topological polar surface area (TPSA) is 23.8 Å². The van der Waals surface area contributed by atoms with E-state index < -0.39 is 0 Å². The van der Waals surface area contributed by atoms with Gasteiger partial charge in [0, 0.05) is 0 Å². The van der Waals surface area contributed by atoms with Gasteiger partial charge >= 0.3 is 0 Å². The predicted octanol–water partition coefficient (Wildman–Crippen LogP) is 2.59. The summed E-state index contributed by atoms with van der Waals surface area (Å²) in [6.07, 6.45) is 7.80. The Morgan fingerprint density at radius 2 is 2.40 bits per heavy atom. The Hall–Kier alpha value is -1.29. The Morgan fingerprint density at radius 1 is 1.70 bits per heavy atom. The molecule has 52 valence electrons. The molecule has 0 aromatic carbocycles. The van der Waals surface area contributed by atoms with Crippen molar-refractivity contribution in [3.8, 4) is 6.07 Å². The van der Waals surface area contributed by atoms with Crippen LogP contribution in [0.4, 0.5) is 0 Å². The first-order valence-corrected chi connectivity index (χ1v) is 3.16. The van der Waals surface area contributed by atoms with Crippen molar-refractivity contribution in [2.45, 2.75) is 13.3 Å². The molecule has 0 amide bonds. The van der Waals surface area contributed by atoms with E-state index >= 15 is 0 Å². The second-order valence-corrected chi connectivity index (χ2v) is 1.81. The maximum absolute atomic E-state index is 8.33. The molecule has 0 aliphatic rings. The van der Waals surface area contributed by atoms with Gasteiger partial charge in [-0.05, 0) is 12.5 Å².